The standard InChI is InChI=1S/C10H8O5S/c1-14-16(12,13)7-2-3-10-8(6-7)9(11)4-5-15-10/h2-6H,1H3. The van der Waals surface area contributed by atoms with E-state index in [-0.39, 0.29) is 15.7 Å². The largest absolute Gasteiger partial charge is 0.464 e. The van der Waals surface area contributed by atoms with Gasteiger partial charge in [0.1, 0.15) is 5.58 Å². The third-order valence-corrected chi connectivity index (χ3v) is 3.41. The summed E-state index contributed by atoms with van der Waals surface area (Å²) in [6, 6.07) is 5.21. The van der Waals surface area contributed by atoms with Crippen molar-refractivity contribution in [1.29, 1.82) is 0 Å². The fourth-order valence-corrected chi connectivity index (χ4v) is 2.00. The quantitative estimate of drug-likeness (QED) is 0.735. The molecule has 1 aromatic heterocycles. The highest BCUT2D eigenvalue weighted by Crippen LogP contribution is 2.17. The lowest BCUT2D eigenvalue weighted by molar-refractivity contribution is 0.398. The van der Waals surface area contributed by atoms with E-state index in [1.54, 1.807) is 0 Å². The maximum atomic E-state index is 11.5. The fraction of sp³-hybridized carbons (Fsp3) is 0.100. The Morgan fingerprint density at radius 3 is 2.69 bits per heavy atom. The lowest BCUT2D eigenvalue weighted by atomic mass is 10.2. The second-order valence-corrected chi connectivity index (χ2v) is 4.78. The van der Waals surface area contributed by atoms with Crippen LogP contribution in [0.1, 0.15) is 0 Å². The molecule has 0 saturated heterocycles. The van der Waals surface area contributed by atoms with Gasteiger partial charge in [-0.15, -0.1) is 0 Å². The Hall–Kier alpha value is -1.66. The first-order chi connectivity index (χ1) is 7.54. The molecule has 84 valence electrons. The van der Waals surface area contributed by atoms with Gasteiger partial charge in [0.25, 0.3) is 10.1 Å². The van der Waals surface area contributed by atoms with Crippen molar-refractivity contribution in [3.05, 3.63) is 40.8 Å². The second kappa shape index (κ2) is 3.73. The molecule has 5 nitrogen and oxygen atoms in total. The van der Waals surface area contributed by atoms with Gasteiger partial charge in [-0.05, 0) is 18.2 Å². The number of benzene rings is 1. The van der Waals surface area contributed by atoms with Gasteiger partial charge in [-0.1, -0.05) is 0 Å². The average Bonchev–Trinajstić information content (AvgIpc) is 2.29. The maximum Gasteiger partial charge on any atom is 0.296 e. The fourth-order valence-electron chi connectivity index (χ4n) is 1.32. The van der Waals surface area contributed by atoms with Gasteiger partial charge in [0, 0.05) is 6.07 Å². The molecule has 0 aliphatic carbocycles. The predicted molar refractivity (Wildman–Crippen MR) is 56.7 cm³/mol. The van der Waals surface area contributed by atoms with Crippen LogP contribution in [0, 0.1) is 0 Å². The molecule has 2 aromatic rings. The first kappa shape index (κ1) is 10.8. The van der Waals surface area contributed by atoms with Crippen molar-refractivity contribution in [2.24, 2.45) is 0 Å². The molecule has 1 heterocycles. The van der Waals surface area contributed by atoms with Gasteiger partial charge in [0.05, 0.1) is 23.7 Å². The summed E-state index contributed by atoms with van der Waals surface area (Å²) in [5.74, 6) is 0. The Kier molecular flexibility index (Phi) is 2.53. The van der Waals surface area contributed by atoms with Gasteiger partial charge in [0.15, 0.2) is 5.43 Å². The minimum Gasteiger partial charge on any atom is -0.464 e. The van der Waals surface area contributed by atoms with E-state index in [9.17, 15) is 13.2 Å². The molecule has 0 saturated carbocycles. The first-order valence-corrected chi connectivity index (χ1v) is 5.77. The van der Waals surface area contributed by atoms with E-state index in [4.69, 9.17) is 4.42 Å². The van der Waals surface area contributed by atoms with E-state index in [1.165, 1.54) is 30.5 Å². The van der Waals surface area contributed by atoms with E-state index in [0.717, 1.165) is 7.11 Å². The lowest BCUT2D eigenvalue weighted by Gasteiger charge is -2.01. The Balaban J connectivity index is 2.79. The molecular formula is C10H8O5S. The second-order valence-electron chi connectivity index (χ2n) is 3.06. The number of fused-ring (bicyclic) bond motifs is 1. The van der Waals surface area contributed by atoms with E-state index in [1.807, 2.05) is 0 Å². The summed E-state index contributed by atoms with van der Waals surface area (Å²) in [5.41, 5.74) is 0.0388. The lowest BCUT2D eigenvalue weighted by Crippen LogP contribution is -2.05. The number of rotatable bonds is 2. The Morgan fingerprint density at radius 1 is 1.25 bits per heavy atom. The van der Waals surface area contributed by atoms with Crippen molar-refractivity contribution in [3.63, 3.8) is 0 Å². The summed E-state index contributed by atoms with van der Waals surface area (Å²) in [4.78, 5) is 11.4. The Bertz CT molecular complexity index is 684. The van der Waals surface area contributed by atoms with Crippen LogP contribution in [0.3, 0.4) is 0 Å². The molecule has 0 atom stereocenters. The van der Waals surface area contributed by atoms with Crippen LogP contribution in [0.5, 0.6) is 0 Å². The molecular weight excluding hydrogens is 232 g/mol. The molecule has 0 fully saturated rings. The van der Waals surface area contributed by atoms with Crippen molar-refractivity contribution in [3.8, 4) is 0 Å². The van der Waals surface area contributed by atoms with Crippen LogP contribution in [0.4, 0.5) is 0 Å². The molecule has 0 aliphatic rings. The Labute approximate surface area is 91.4 Å². The van der Waals surface area contributed by atoms with Gasteiger partial charge in [-0.2, -0.15) is 8.42 Å². The van der Waals surface area contributed by atoms with Crippen LogP contribution >= 0.6 is 0 Å². The molecule has 16 heavy (non-hydrogen) atoms. The summed E-state index contributed by atoms with van der Waals surface area (Å²) in [6.07, 6.45) is 1.26. The van der Waals surface area contributed by atoms with Crippen molar-refractivity contribution < 1.29 is 17.0 Å². The van der Waals surface area contributed by atoms with Gasteiger partial charge in [-0.3, -0.25) is 8.98 Å². The molecule has 0 unspecified atom stereocenters. The predicted octanol–water partition coefficient (Wildman–Crippen LogP) is 1.13. The van der Waals surface area contributed by atoms with Crippen LogP contribution in [0.2, 0.25) is 0 Å². The number of hydrogen-bond acceptors (Lipinski definition) is 5. The minimum atomic E-state index is -3.79. The zero-order valence-electron chi connectivity index (χ0n) is 8.34. The van der Waals surface area contributed by atoms with Crippen molar-refractivity contribution in [2.75, 3.05) is 7.11 Å². The molecule has 2 rings (SSSR count). The minimum absolute atomic E-state index is 0.0685. The normalized spacial score (nSPS) is 11.8. The molecule has 0 spiro atoms. The zero-order valence-corrected chi connectivity index (χ0v) is 9.15. The average molecular weight is 240 g/mol. The summed E-state index contributed by atoms with van der Waals surface area (Å²) in [5, 5.41) is 0.209. The number of hydrogen-bond donors (Lipinski definition) is 0. The summed E-state index contributed by atoms with van der Waals surface area (Å²) in [6.45, 7) is 0. The van der Waals surface area contributed by atoms with Gasteiger partial charge in [0.2, 0.25) is 0 Å². The van der Waals surface area contributed by atoms with Gasteiger partial charge in [-0.25, -0.2) is 0 Å². The highest BCUT2D eigenvalue weighted by atomic mass is 32.2. The molecule has 0 N–H and O–H groups in total. The van der Waals surface area contributed by atoms with Crippen molar-refractivity contribution in [1.82, 2.24) is 0 Å². The van der Waals surface area contributed by atoms with E-state index in [0.29, 0.717) is 5.58 Å². The molecule has 0 aliphatic heterocycles. The smallest absolute Gasteiger partial charge is 0.296 e. The van der Waals surface area contributed by atoms with E-state index in [2.05, 4.69) is 4.18 Å². The SMILES string of the molecule is COS(=O)(=O)c1ccc2occc(=O)c2c1. The molecule has 0 radical (unpaired) electrons. The topological polar surface area (TPSA) is 73.6 Å². The maximum absolute atomic E-state index is 11.5. The van der Waals surface area contributed by atoms with Crippen molar-refractivity contribution >= 4 is 21.1 Å². The highest BCUT2D eigenvalue weighted by Gasteiger charge is 2.14. The molecule has 0 bridgehead atoms. The van der Waals surface area contributed by atoms with E-state index >= 15 is 0 Å². The van der Waals surface area contributed by atoms with Crippen LogP contribution < -0.4 is 5.43 Å². The third kappa shape index (κ3) is 1.72. The van der Waals surface area contributed by atoms with Crippen LogP contribution in [-0.4, -0.2) is 15.5 Å². The van der Waals surface area contributed by atoms with Crippen LogP contribution in [-0.2, 0) is 14.3 Å². The molecule has 0 amide bonds. The summed E-state index contributed by atoms with van der Waals surface area (Å²) in [7, 11) is -2.72. The highest BCUT2D eigenvalue weighted by molar-refractivity contribution is 7.86. The first-order valence-electron chi connectivity index (χ1n) is 4.37. The third-order valence-electron chi connectivity index (χ3n) is 2.14. The van der Waals surface area contributed by atoms with Gasteiger partial charge < -0.3 is 4.42 Å². The summed E-state index contributed by atoms with van der Waals surface area (Å²) < 4.78 is 32.2. The van der Waals surface area contributed by atoms with Gasteiger partial charge >= 0.3 is 0 Å². The molecule has 6 heteroatoms. The molecule has 1 aromatic carbocycles. The zero-order chi connectivity index (χ0) is 11.8. The van der Waals surface area contributed by atoms with E-state index < -0.39 is 10.1 Å². The monoisotopic (exact) mass is 240 g/mol. The Morgan fingerprint density at radius 2 is 2.00 bits per heavy atom. The van der Waals surface area contributed by atoms with Crippen molar-refractivity contribution in [2.45, 2.75) is 4.90 Å². The van der Waals surface area contributed by atoms with Crippen LogP contribution in [0.15, 0.2) is 44.6 Å². The van der Waals surface area contributed by atoms with Crippen LogP contribution in [0.25, 0.3) is 11.0 Å². The summed E-state index contributed by atoms with van der Waals surface area (Å²) >= 11 is 0.